The highest BCUT2D eigenvalue weighted by Crippen LogP contribution is 2.19. The van der Waals surface area contributed by atoms with E-state index in [2.05, 4.69) is 9.88 Å². The number of pyridine rings is 1. The lowest BCUT2D eigenvalue weighted by Crippen LogP contribution is -2.24. The van der Waals surface area contributed by atoms with Crippen LogP contribution in [-0.4, -0.2) is 36.1 Å². The van der Waals surface area contributed by atoms with E-state index in [9.17, 15) is 4.79 Å². The van der Waals surface area contributed by atoms with Crippen LogP contribution in [-0.2, 0) is 22.6 Å². The minimum Gasteiger partial charge on any atom is -0.469 e. The standard InChI is InChI=1S/C13H19N3O2/c1-18-13(17)10-5-6-16(8-10)9-12-4-2-3-11(7-14)15-12/h2-4,10H,5-9,14H2,1H3. The molecule has 0 bridgehead atoms. The highest BCUT2D eigenvalue weighted by Gasteiger charge is 2.28. The lowest BCUT2D eigenvalue weighted by Gasteiger charge is -2.15. The summed E-state index contributed by atoms with van der Waals surface area (Å²) in [5.74, 6) is -0.103. The van der Waals surface area contributed by atoms with Gasteiger partial charge in [-0.05, 0) is 25.1 Å². The number of nitrogens with zero attached hydrogens (tertiary/aromatic N) is 2. The van der Waals surface area contributed by atoms with Crippen molar-refractivity contribution in [2.24, 2.45) is 11.7 Å². The van der Waals surface area contributed by atoms with Crippen molar-refractivity contribution >= 4 is 5.97 Å². The Morgan fingerprint density at radius 1 is 1.56 bits per heavy atom. The highest BCUT2D eigenvalue weighted by molar-refractivity contribution is 5.72. The Morgan fingerprint density at radius 2 is 2.33 bits per heavy atom. The molecule has 1 atom stereocenters. The van der Waals surface area contributed by atoms with Crippen molar-refractivity contribution in [2.45, 2.75) is 19.5 Å². The number of esters is 1. The summed E-state index contributed by atoms with van der Waals surface area (Å²) in [6.45, 7) is 2.88. The third kappa shape index (κ3) is 3.05. The van der Waals surface area contributed by atoms with Crippen molar-refractivity contribution in [3.8, 4) is 0 Å². The molecular formula is C13H19N3O2. The summed E-state index contributed by atoms with van der Waals surface area (Å²) in [5, 5.41) is 0. The molecule has 1 aliphatic heterocycles. The van der Waals surface area contributed by atoms with Gasteiger partial charge in [0.15, 0.2) is 0 Å². The molecule has 2 N–H and O–H groups in total. The molecule has 2 rings (SSSR count). The summed E-state index contributed by atoms with van der Waals surface area (Å²) in [7, 11) is 1.44. The van der Waals surface area contributed by atoms with E-state index < -0.39 is 0 Å². The summed E-state index contributed by atoms with van der Waals surface area (Å²) in [4.78, 5) is 18.1. The van der Waals surface area contributed by atoms with Crippen LogP contribution in [0.5, 0.6) is 0 Å². The van der Waals surface area contributed by atoms with Gasteiger partial charge < -0.3 is 10.5 Å². The van der Waals surface area contributed by atoms with Crippen LogP contribution in [0.4, 0.5) is 0 Å². The molecule has 0 saturated carbocycles. The maximum Gasteiger partial charge on any atom is 0.310 e. The molecule has 1 fully saturated rings. The van der Waals surface area contributed by atoms with Crippen molar-refractivity contribution in [1.29, 1.82) is 0 Å². The zero-order chi connectivity index (χ0) is 13.0. The average molecular weight is 249 g/mol. The number of hydrogen-bond donors (Lipinski definition) is 1. The third-order valence-corrected chi connectivity index (χ3v) is 3.27. The molecule has 0 aromatic carbocycles. The number of carbonyl (C=O) groups is 1. The molecule has 0 radical (unpaired) electrons. The summed E-state index contributed by atoms with van der Waals surface area (Å²) in [5.41, 5.74) is 7.47. The Labute approximate surface area is 107 Å². The molecule has 2 heterocycles. The van der Waals surface area contributed by atoms with Gasteiger partial charge in [0, 0.05) is 19.6 Å². The molecule has 1 saturated heterocycles. The fraction of sp³-hybridized carbons (Fsp3) is 0.538. The fourth-order valence-electron chi connectivity index (χ4n) is 2.30. The van der Waals surface area contributed by atoms with E-state index in [0.29, 0.717) is 6.54 Å². The first-order chi connectivity index (χ1) is 8.72. The van der Waals surface area contributed by atoms with Crippen molar-refractivity contribution in [2.75, 3.05) is 20.2 Å². The van der Waals surface area contributed by atoms with Gasteiger partial charge in [-0.15, -0.1) is 0 Å². The van der Waals surface area contributed by atoms with E-state index in [1.807, 2.05) is 18.2 Å². The van der Waals surface area contributed by atoms with E-state index in [1.54, 1.807) is 0 Å². The second-order valence-electron chi connectivity index (χ2n) is 4.57. The smallest absolute Gasteiger partial charge is 0.310 e. The predicted octanol–water partition coefficient (Wildman–Crippen LogP) is 0.535. The second kappa shape index (κ2) is 5.93. The van der Waals surface area contributed by atoms with Crippen LogP contribution in [0.15, 0.2) is 18.2 Å². The minimum atomic E-state index is -0.110. The van der Waals surface area contributed by atoms with Gasteiger partial charge >= 0.3 is 5.97 Å². The number of nitrogens with two attached hydrogens (primary N) is 1. The Kier molecular flexibility index (Phi) is 4.28. The lowest BCUT2D eigenvalue weighted by atomic mass is 10.1. The van der Waals surface area contributed by atoms with Crippen molar-refractivity contribution in [3.63, 3.8) is 0 Å². The first-order valence-electron chi connectivity index (χ1n) is 6.18. The Bertz CT molecular complexity index is 422. The Hall–Kier alpha value is -1.46. The number of rotatable bonds is 4. The first kappa shape index (κ1) is 13.0. The molecule has 1 aliphatic rings. The Morgan fingerprint density at radius 3 is 3.06 bits per heavy atom. The minimum absolute atomic E-state index is 0.00712. The van der Waals surface area contributed by atoms with Gasteiger partial charge in [0.1, 0.15) is 0 Å². The third-order valence-electron chi connectivity index (χ3n) is 3.27. The van der Waals surface area contributed by atoms with Gasteiger partial charge in [-0.3, -0.25) is 14.7 Å². The largest absolute Gasteiger partial charge is 0.469 e. The SMILES string of the molecule is COC(=O)C1CCN(Cc2cccc(CN)n2)C1. The molecule has 18 heavy (non-hydrogen) atoms. The van der Waals surface area contributed by atoms with Gasteiger partial charge in [-0.1, -0.05) is 6.07 Å². The van der Waals surface area contributed by atoms with E-state index in [4.69, 9.17) is 10.5 Å². The van der Waals surface area contributed by atoms with E-state index in [-0.39, 0.29) is 11.9 Å². The number of likely N-dealkylation sites (tertiary alicyclic amines) is 1. The Balaban J connectivity index is 1.92. The van der Waals surface area contributed by atoms with E-state index >= 15 is 0 Å². The average Bonchev–Trinajstić information content (AvgIpc) is 2.86. The maximum atomic E-state index is 11.4. The van der Waals surface area contributed by atoms with Gasteiger partial charge in [0.05, 0.1) is 24.4 Å². The molecule has 1 aromatic rings. The van der Waals surface area contributed by atoms with E-state index in [0.717, 1.165) is 37.4 Å². The van der Waals surface area contributed by atoms with Crippen molar-refractivity contribution in [3.05, 3.63) is 29.6 Å². The quantitative estimate of drug-likeness (QED) is 0.789. The number of hydrogen-bond acceptors (Lipinski definition) is 5. The van der Waals surface area contributed by atoms with E-state index in [1.165, 1.54) is 7.11 Å². The fourth-order valence-corrected chi connectivity index (χ4v) is 2.30. The van der Waals surface area contributed by atoms with Crippen molar-refractivity contribution < 1.29 is 9.53 Å². The molecule has 5 heteroatoms. The summed E-state index contributed by atoms with van der Waals surface area (Å²) >= 11 is 0. The normalized spacial score (nSPS) is 20.0. The molecule has 0 aliphatic carbocycles. The monoisotopic (exact) mass is 249 g/mol. The molecule has 0 amide bonds. The van der Waals surface area contributed by atoms with Crippen LogP contribution < -0.4 is 5.73 Å². The number of aromatic nitrogens is 1. The summed E-state index contributed by atoms with van der Waals surface area (Å²) < 4.78 is 4.77. The van der Waals surface area contributed by atoms with Crippen LogP contribution in [0.2, 0.25) is 0 Å². The highest BCUT2D eigenvalue weighted by atomic mass is 16.5. The van der Waals surface area contributed by atoms with Gasteiger partial charge in [-0.2, -0.15) is 0 Å². The van der Waals surface area contributed by atoms with Crippen LogP contribution in [0.25, 0.3) is 0 Å². The zero-order valence-corrected chi connectivity index (χ0v) is 10.6. The predicted molar refractivity (Wildman–Crippen MR) is 67.5 cm³/mol. The van der Waals surface area contributed by atoms with Gasteiger partial charge in [0.25, 0.3) is 0 Å². The topological polar surface area (TPSA) is 68.5 Å². The molecule has 98 valence electrons. The summed E-state index contributed by atoms with van der Waals surface area (Å²) in [6.07, 6.45) is 0.864. The van der Waals surface area contributed by atoms with Gasteiger partial charge in [-0.25, -0.2) is 0 Å². The number of carbonyl (C=O) groups excluding carboxylic acids is 1. The molecule has 1 unspecified atom stereocenters. The first-order valence-corrected chi connectivity index (χ1v) is 6.18. The van der Waals surface area contributed by atoms with Crippen LogP contribution in [0.3, 0.4) is 0 Å². The molecule has 1 aromatic heterocycles. The number of methoxy groups -OCH3 is 1. The second-order valence-corrected chi connectivity index (χ2v) is 4.57. The maximum absolute atomic E-state index is 11.4. The zero-order valence-electron chi connectivity index (χ0n) is 10.6. The van der Waals surface area contributed by atoms with Gasteiger partial charge in [0.2, 0.25) is 0 Å². The molecule has 5 nitrogen and oxygen atoms in total. The summed E-state index contributed by atoms with van der Waals surface area (Å²) in [6, 6.07) is 5.88. The number of ether oxygens (including phenoxy) is 1. The van der Waals surface area contributed by atoms with Crippen LogP contribution >= 0.6 is 0 Å². The van der Waals surface area contributed by atoms with Crippen molar-refractivity contribution in [1.82, 2.24) is 9.88 Å². The van der Waals surface area contributed by atoms with Crippen LogP contribution in [0, 0.1) is 5.92 Å². The lowest BCUT2D eigenvalue weighted by molar-refractivity contribution is -0.144. The molecule has 0 spiro atoms. The van der Waals surface area contributed by atoms with Crippen LogP contribution in [0.1, 0.15) is 17.8 Å². The molecular weight excluding hydrogens is 230 g/mol.